The zero-order chi connectivity index (χ0) is 17.5. The van der Waals surface area contributed by atoms with Crippen LogP contribution >= 0.6 is 0 Å². The molecule has 3 nitrogen and oxygen atoms in total. The molecule has 126 valence electrons. The Labute approximate surface area is 152 Å². The van der Waals surface area contributed by atoms with E-state index in [4.69, 9.17) is 9.97 Å². The lowest BCUT2D eigenvalue weighted by molar-refractivity contribution is 1.09. The Morgan fingerprint density at radius 3 is 2.77 bits per heavy atom. The van der Waals surface area contributed by atoms with Gasteiger partial charge in [-0.2, -0.15) is 0 Å². The average Bonchev–Trinajstić information content (AvgIpc) is 2.91. The van der Waals surface area contributed by atoms with Gasteiger partial charge in [-0.05, 0) is 42.7 Å². The highest BCUT2D eigenvalue weighted by atomic mass is 15.1. The topological polar surface area (TPSA) is 30.2 Å². The normalized spacial score (nSPS) is 13.3. The number of benzene rings is 2. The summed E-state index contributed by atoms with van der Waals surface area (Å²) in [5, 5.41) is 0. The predicted octanol–water partition coefficient (Wildman–Crippen LogP) is 5.54. The van der Waals surface area contributed by atoms with Crippen molar-refractivity contribution in [1.29, 1.82) is 0 Å². The van der Waals surface area contributed by atoms with Crippen LogP contribution in [0, 0.1) is 0 Å². The summed E-state index contributed by atoms with van der Waals surface area (Å²) in [6.45, 7) is 2.18. The van der Waals surface area contributed by atoms with Crippen LogP contribution in [0.15, 0.2) is 60.7 Å². The Bertz CT molecular complexity index is 1200. The van der Waals surface area contributed by atoms with Gasteiger partial charge in [-0.3, -0.25) is 4.40 Å². The van der Waals surface area contributed by atoms with Gasteiger partial charge < -0.3 is 0 Å². The number of aryl methyl sites for hydroxylation is 1. The minimum Gasteiger partial charge on any atom is -0.276 e. The van der Waals surface area contributed by atoms with Crippen molar-refractivity contribution in [1.82, 2.24) is 14.4 Å². The van der Waals surface area contributed by atoms with Crippen LogP contribution < -0.4 is 0 Å². The van der Waals surface area contributed by atoms with Gasteiger partial charge in [0.25, 0.3) is 0 Å². The van der Waals surface area contributed by atoms with Crippen LogP contribution in [0.25, 0.3) is 40.2 Å². The van der Waals surface area contributed by atoms with Gasteiger partial charge in [0.15, 0.2) is 0 Å². The van der Waals surface area contributed by atoms with Crippen molar-refractivity contribution >= 4 is 28.8 Å². The van der Waals surface area contributed by atoms with Gasteiger partial charge in [-0.1, -0.05) is 55.5 Å². The smallest absolute Gasteiger partial charge is 0.149 e. The van der Waals surface area contributed by atoms with Crippen LogP contribution in [0.4, 0.5) is 0 Å². The van der Waals surface area contributed by atoms with E-state index in [1.807, 2.05) is 6.07 Å². The van der Waals surface area contributed by atoms with Crippen LogP contribution in [0.5, 0.6) is 0 Å². The molecule has 0 atom stereocenters. The Morgan fingerprint density at radius 1 is 0.962 bits per heavy atom. The molecule has 0 saturated carbocycles. The number of rotatable bonds is 2. The molecule has 5 rings (SSSR count). The number of nitrogens with zero attached hydrogens (tertiary/aromatic N) is 3. The van der Waals surface area contributed by atoms with E-state index in [0.717, 1.165) is 52.2 Å². The lowest BCUT2D eigenvalue weighted by Gasteiger charge is -2.11. The van der Waals surface area contributed by atoms with E-state index in [1.54, 1.807) is 0 Å². The molecule has 0 spiro atoms. The van der Waals surface area contributed by atoms with Crippen LogP contribution in [0.2, 0.25) is 0 Å². The Balaban J connectivity index is 1.94. The molecule has 0 saturated heterocycles. The van der Waals surface area contributed by atoms with E-state index in [-0.39, 0.29) is 0 Å². The Hall–Kier alpha value is -3.20. The summed E-state index contributed by atoms with van der Waals surface area (Å²) in [7, 11) is 0. The lowest BCUT2D eigenvalue weighted by Crippen LogP contribution is -2.02. The highest BCUT2D eigenvalue weighted by molar-refractivity contribution is 5.88. The second kappa shape index (κ2) is 5.95. The Kier molecular flexibility index (Phi) is 3.45. The Morgan fingerprint density at radius 2 is 1.85 bits per heavy atom. The van der Waals surface area contributed by atoms with Crippen molar-refractivity contribution in [3.8, 4) is 11.4 Å². The van der Waals surface area contributed by atoms with E-state index in [9.17, 15) is 0 Å². The summed E-state index contributed by atoms with van der Waals surface area (Å²) in [5.41, 5.74) is 7.57. The monoisotopic (exact) mass is 337 g/mol. The molecule has 0 unspecified atom stereocenters. The van der Waals surface area contributed by atoms with Crippen molar-refractivity contribution < 1.29 is 0 Å². The second-order valence-electron chi connectivity index (χ2n) is 6.59. The molecule has 1 aliphatic rings. The zero-order valence-corrected chi connectivity index (χ0v) is 14.7. The quantitative estimate of drug-likeness (QED) is 0.480. The number of para-hydroxylation sites is 2. The number of hydrogen-bond donors (Lipinski definition) is 0. The van der Waals surface area contributed by atoms with Gasteiger partial charge in [0.2, 0.25) is 0 Å². The summed E-state index contributed by atoms with van der Waals surface area (Å²) in [5.74, 6) is 0.947. The summed E-state index contributed by atoms with van der Waals surface area (Å²) < 4.78 is 2.20. The zero-order valence-electron chi connectivity index (χ0n) is 14.7. The minimum absolute atomic E-state index is 0.920. The lowest BCUT2D eigenvalue weighted by atomic mass is 10.1. The highest BCUT2D eigenvalue weighted by Gasteiger charge is 2.17. The molecule has 2 aromatic heterocycles. The molecule has 26 heavy (non-hydrogen) atoms. The van der Waals surface area contributed by atoms with E-state index >= 15 is 0 Å². The molecule has 0 amide bonds. The van der Waals surface area contributed by atoms with E-state index in [2.05, 4.69) is 78.1 Å². The molecule has 2 heterocycles. The average molecular weight is 337 g/mol. The van der Waals surface area contributed by atoms with Crippen LogP contribution in [0.3, 0.4) is 0 Å². The van der Waals surface area contributed by atoms with E-state index in [1.165, 1.54) is 5.56 Å². The van der Waals surface area contributed by atoms with Crippen LogP contribution in [-0.4, -0.2) is 14.4 Å². The van der Waals surface area contributed by atoms with Gasteiger partial charge in [0.1, 0.15) is 11.5 Å². The maximum absolute atomic E-state index is 5.05. The standard InChI is InChI=1S/C23H19N3/c1-2-16-9-8-10-17(15-16)22-24-19-12-5-3-4-11-18(19)23-25-20-13-6-7-14-21(20)26(22)23/h4-15H,2-3H2,1H3. The maximum atomic E-state index is 5.05. The van der Waals surface area contributed by atoms with Gasteiger partial charge in [0.05, 0.1) is 16.7 Å². The first-order chi connectivity index (χ1) is 12.8. The first kappa shape index (κ1) is 15.1. The predicted molar refractivity (Wildman–Crippen MR) is 108 cm³/mol. The molecule has 2 aromatic carbocycles. The van der Waals surface area contributed by atoms with Gasteiger partial charge in [-0.15, -0.1) is 0 Å². The van der Waals surface area contributed by atoms with Crippen LogP contribution in [0.1, 0.15) is 30.2 Å². The number of allylic oxidation sites excluding steroid dienone is 2. The fourth-order valence-corrected chi connectivity index (χ4v) is 3.62. The number of imidazole rings is 1. The fraction of sp³-hybridized carbons (Fsp3) is 0.130. The molecular formula is C23H19N3. The third-order valence-electron chi connectivity index (χ3n) is 4.94. The van der Waals surface area contributed by atoms with Gasteiger partial charge in [0, 0.05) is 11.1 Å². The fourth-order valence-electron chi connectivity index (χ4n) is 3.62. The van der Waals surface area contributed by atoms with Crippen molar-refractivity contribution in [3.05, 3.63) is 77.5 Å². The molecule has 3 heteroatoms. The van der Waals surface area contributed by atoms with Crippen molar-refractivity contribution in [2.45, 2.75) is 19.8 Å². The molecule has 0 N–H and O–H groups in total. The van der Waals surface area contributed by atoms with Crippen molar-refractivity contribution in [2.24, 2.45) is 0 Å². The van der Waals surface area contributed by atoms with E-state index < -0.39 is 0 Å². The van der Waals surface area contributed by atoms with Gasteiger partial charge in [-0.25, -0.2) is 9.97 Å². The summed E-state index contributed by atoms with van der Waals surface area (Å²) in [6.07, 6.45) is 10.5. The molecule has 0 aliphatic heterocycles. The van der Waals surface area contributed by atoms with Gasteiger partial charge >= 0.3 is 0 Å². The third kappa shape index (κ3) is 2.28. The summed E-state index contributed by atoms with van der Waals surface area (Å²) in [4.78, 5) is 9.99. The van der Waals surface area contributed by atoms with E-state index in [0.29, 0.717) is 0 Å². The first-order valence-electron chi connectivity index (χ1n) is 9.09. The van der Waals surface area contributed by atoms with Crippen molar-refractivity contribution in [3.63, 3.8) is 0 Å². The highest BCUT2D eigenvalue weighted by Crippen LogP contribution is 2.30. The number of fused-ring (bicyclic) bond motifs is 5. The molecule has 1 aliphatic carbocycles. The SMILES string of the molecule is CCc1cccc(-c2nc3c(c4nc5ccccc5n24)C=CCC=C3)c1. The second-order valence-corrected chi connectivity index (χ2v) is 6.59. The number of hydrogen-bond acceptors (Lipinski definition) is 2. The molecular weight excluding hydrogens is 318 g/mol. The first-order valence-corrected chi connectivity index (χ1v) is 9.09. The molecule has 0 radical (unpaired) electrons. The maximum Gasteiger partial charge on any atom is 0.149 e. The minimum atomic E-state index is 0.920. The molecule has 0 bridgehead atoms. The largest absolute Gasteiger partial charge is 0.276 e. The summed E-state index contributed by atoms with van der Waals surface area (Å²) >= 11 is 0. The van der Waals surface area contributed by atoms with Crippen LogP contribution in [-0.2, 0) is 6.42 Å². The number of aromatic nitrogens is 3. The third-order valence-corrected chi connectivity index (χ3v) is 4.94. The van der Waals surface area contributed by atoms with Crippen molar-refractivity contribution in [2.75, 3.05) is 0 Å². The molecule has 4 aromatic rings. The molecule has 0 fully saturated rings. The summed E-state index contributed by atoms with van der Waals surface area (Å²) in [6, 6.07) is 16.9.